The quantitative estimate of drug-likeness (QED) is 0.647. The van der Waals surface area contributed by atoms with E-state index in [9.17, 15) is 18.0 Å². The van der Waals surface area contributed by atoms with E-state index in [-0.39, 0.29) is 24.2 Å². The van der Waals surface area contributed by atoms with Crippen molar-refractivity contribution in [3.63, 3.8) is 0 Å². The number of rotatable bonds is 6. The third kappa shape index (κ3) is 4.57. The normalized spacial score (nSPS) is 16.6. The first kappa shape index (κ1) is 21.0. The molecule has 2 aromatic heterocycles. The van der Waals surface area contributed by atoms with Crippen molar-refractivity contribution in [1.82, 2.24) is 24.9 Å². The Kier molecular flexibility index (Phi) is 5.71. The monoisotopic (exact) mass is 433 g/mol. The molecule has 1 saturated heterocycles. The van der Waals surface area contributed by atoms with Gasteiger partial charge in [-0.05, 0) is 30.7 Å². The number of carbonyl (C=O) groups excluding carboxylic acids is 1. The molecule has 1 aliphatic heterocycles. The van der Waals surface area contributed by atoms with Crippen LogP contribution in [0, 0.1) is 0 Å². The highest BCUT2D eigenvalue weighted by Crippen LogP contribution is 2.36. The summed E-state index contributed by atoms with van der Waals surface area (Å²) in [6.07, 6.45) is -1.68. The molecule has 1 fully saturated rings. The standard InChI is InChI=1S/C21H22F3N5O2/c1-28-18(6-9-25-28)20(30)29-10-7-14(13-29)17-12-15(26-27-17)8-11-31-19-5-3-2-4-16(19)21(22,23)24/h2-6,9,12,14H,7-8,10-11,13H2,1H3,(H,26,27). The smallest absolute Gasteiger partial charge is 0.419 e. The average Bonchev–Trinajstić information content (AvgIpc) is 3.47. The summed E-state index contributed by atoms with van der Waals surface area (Å²) >= 11 is 0. The van der Waals surface area contributed by atoms with Gasteiger partial charge in [-0.3, -0.25) is 14.6 Å². The summed E-state index contributed by atoms with van der Waals surface area (Å²) in [6, 6.07) is 8.75. The van der Waals surface area contributed by atoms with Crippen LogP contribution < -0.4 is 4.74 Å². The van der Waals surface area contributed by atoms with E-state index in [4.69, 9.17) is 4.74 Å². The molecule has 1 aliphatic rings. The highest BCUT2D eigenvalue weighted by molar-refractivity contribution is 5.92. The number of nitrogens with one attached hydrogen (secondary N) is 1. The van der Waals surface area contributed by atoms with Crippen molar-refractivity contribution in [2.45, 2.75) is 24.9 Å². The van der Waals surface area contributed by atoms with E-state index >= 15 is 0 Å². The van der Waals surface area contributed by atoms with Gasteiger partial charge in [0.1, 0.15) is 11.4 Å². The maximum atomic E-state index is 13.0. The summed E-state index contributed by atoms with van der Waals surface area (Å²) in [6.45, 7) is 1.28. The lowest BCUT2D eigenvalue weighted by molar-refractivity contribution is -0.138. The Bertz CT molecular complexity index is 1060. The van der Waals surface area contributed by atoms with Gasteiger partial charge in [0.25, 0.3) is 5.91 Å². The molecule has 3 aromatic rings. The van der Waals surface area contributed by atoms with Crippen molar-refractivity contribution in [1.29, 1.82) is 0 Å². The fourth-order valence-electron chi connectivity index (χ4n) is 3.75. The van der Waals surface area contributed by atoms with Gasteiger partial charge in [0.05, 0.1) is 17.9 Å². The van der Waals surface area contributed by atoms with Gasteiger partial charge in [-0.1, -0.05) is 12.1 Å². The highest BCUT2D eigenvalue weighted by atomic mass is 19.4. The van der Waals surface area contributed by atoms with Crippen LogP contribution in [-0.4, -0.2) is 50.5 Å². The van der Waals surface area contributed by atoms with Crippen LogP contribution in [-0.2, 0) is 19.6 Å². The van der Waals surface area contributed by atoms with Crippen LogP contribution in [0.25, 0.3) is 0 Å². The van der Waals surface area contributed by atoms with Gasteiger partial charge in [0.2, 0.25) is 0 Å². The Morgan fingerprint density at radius 1 is 1.29 bits per heavy atom. The SMILES string of the molecule is Cn1nccc1C(=O)N1CCC(c2cc(CCOc3ccccc3C(F)(F)F)[nH]n2)C1. The van der Waals surface area contributed by atoms with E-state index < -0.39 is 11.7 Å². The molecule has 0 spiro atoms. The van der Waals surface area contributed by atoms with Crippen molar-refractivity contribution < 1.29 is 22.7 Å². The zero-order valence-corrected chi connectivity index (χ0v) is 16.9. The van der Waals surface area contributed by atoms with E-state index in [0.29, 0.717) is 25.2 Å². The number of hydrogen-bond donors (Lipinski definition) is 1. The summed E-state index contributed by atoms with van der Waals surface area (Å²) in [7, 11) is 1.73. The topological polar surface area (TPSA) is 76.0 Å². The van der Waals surface area contributed by atoms with Crippen LogP contribution in [0.15, 0.2) is 42.6 Å². The first-order valence-electron chi connectivity index (χ1n) is 9.93. The summed E-state index contributed by atoms with van der Waals surface area (Å²) in [5.41, 5.74) is 1.37. The molecule has 0 saturated carbocycles. The van der Waals surface area contributed by atoms with E-state index in [0.717, 1.165) is 23.9 Å². The summed E-state index contributed by atoms with van der Waals surface area (Å²) in [5.74, 6) is -0.140. The molecule has 1 atom stereocenters. The van der Waals surface area contributed by atoms with Crippen molar-refractivity contribution in [2.24, 2.45) is 7.05 Å². The Morgan fingerprint density at radius 2 is 2.10 bits per heavy atom. The molecular formula is C21H22F3N5O2. The Labute approximate surface area is 176 Å². The molecular weight excluding hydrogens is 411 g/mol. The Balaban J connectivity index is 1.33. The Hall–Kier alpha value is -3.30. The number of carbonyl (C=O) groups is 1. The largest absolute Gasteiger partial charge is 0.493 e. The van der Waals surface area contributed by atoms with E-state index in [1.54, 1.807) is 28.9 Å². The molecule has 1 aromatic carbocycles. The van der Waals surface area contributed by atoms with Crippen molar-refractivity contribution in [3.05, 3.63) is 65.2 Å². The van der Waals surface area contributed by atoms with Crippen LogP contribution in [0.3, 0.4) is 0 Å². The van der Waals surface area contributed by atoms with Gasteiger partial charge in [-0.15, -0.1) is 0 Å². The number of aromatic nitrogens is 4. The second kappa shape index (κ2) is 8.44. The third-order valence-corrected chi connectivity index (χ3v) is 5.41. The van der Waals surface area contributed by atoms with Crippen LogP contribution in [0.1, 0.15) is 39.8 Å². The zero-order valence-electron chi connectivity index (χ0n) is 16.9. The molecule has 1 unspecified atom stereocenters. The summed E-state index contributed by atoms with van der Waals surface area (Å²) in [4.78, 5) is 14.4. The zero-order chi connectivity index (χ0) is 22.0. The van der Waals surface area contributed by atoms with Crippen molar-refractivity contribution in [3.8, 4) is 5.75 Å². The molecule has 31 heavy (non-hydrogen) atoms. The first-order chi connectivity index (χ1) is 14.8. The minimum Gasteiger partial charge on any atom is -0.493 e. The predicted molar refractivity (Wildman–Crippen MR) is 106 cm³/mol. The number of aryl methyl sites for hydroxylation is 1. The molecule has 164 valence electrons. The number of hydrogen-bond acceptors (Lipinski definition) is 4. The maximum absolute atomic E-state index is 13.0. The second-order valence-corrected chi connectivity index (χ2v) is 7.49. The number of alkyl halides is 3. The molecule has 0 radical (unpaired) electrons. The van der Waals surface area contributed by atoms with Crippen molar-refractivity contribution >= 4 is 5.91 Å². The fourth-order valence-corrected chi connectivity index (χ4v) is 3.75. The molecule has 0 bridgehead atoms. The molecule has 1 amide bonds. The number of amides is 1. The number of aromatic amines is 1. The van der Waals surface area contributed by atoms with Gasteiger partial charge in [-0.2, -0.15) is 23.4 Å². The van der Waals surface area contributed by atoms with E-state index in [1.807, 2.05) is 6.07 Å². The number of likely N-dealkylation sites (tertiary alicyclic amines) is 1. The lowest BCUT2D eigenvalue weighted by atomic mass is 10.0. The minimum atomic E-state index is -4.46. The third-order valence-electron chi connectivity index (χ3n) is 5.41. The Morgan fingerprint density at radius 3 is 2.84 bits per heavy atom. The summed E-state index contributed by atoms with van der Waals surface area (Å²) < 4.78 is 46.1. The minimum absolute atomic E-state index is 0.0602. The van der Waals surface area contributed by atoms with Crippen LogP contribution in [0.4, 0.5) is 13.2 Å². The van der Waals surface area contributed by atoms with Crippen LogP contribution in [0.5, 0.6) is 5.75 Å². The van der Waals surface area contributed by atoms with Gasteiger partial charge in [-0.25, -0.2) is 0 Å². The highest BCUT2D eigenvalue weighted by Gasteiger charge is 2.34. The van der Waals surface area contributed by atoms with Gasteiger partial charge in [0.15, 0.2) is 0 Å². The number of benzene rings is 1. The molecule has 3 heterocycles. The van der Waals surface area contributed by atoms with E-state index in [2.05, 4.69) is 15.3 Å². The van der Waals surface area contributed by atoms with Crippen molar-refractivity contribution in [2.75, 3.05) is 19.7 Å². The summed E-state index contributed by atoms with van der Waals surface area (Å²) in [5, 5.41) is 11.3. The van der Waals surface area contributed by atoms with Crippen LogP contribution >= 0.6 is 0 Å². The van der Waals surface area contributed by atoms with E-state index in [1.165, 1.54) is 18.2 Å². The number of halogens is 3. The lowest BCUT2D eigenvalue weighted by Crippen LogP contribution is -2.30. The molecule has 4 rings (SSSR count). The maximum Gasteiger partial charge on any atom is 0.419 e. The number of para-hydroxylation sites is 1. The molecule has 1 N–H and O–H groups in total. The van der Waals surface area contributed by atoms with Crippen LogP contribution in [0.2, 0.25) is 0 Å². The second-order valence-electron chi connectivity index (χ2n) is 7.49. The predicted octanol–water partition coefficient (Wildman–Crippen LogP) is 3.41. The molecule has 0 aliphatic carbocycles. The number of H-pyrrole nitrogens is 1. The number of ether oxygens (including phenoxy) is 1. The number of nitrogens with zero attached hydrogens (tertiary/aromatic N) is 4. The average molecular weight is 433 g/mol. The lowest BCUT2D eigenvalue weighted by Gasteiger charge is -2.15. The molecule has 10 heteroatoms. The van der Waals surface area contributed by atoms with Gasteiger partial charge < -0.3 is 9.64 Å². The first-order valence-corrected chi connectivity index (χ1v) is 9.93. The fraction of sp³-hybridized carbons (Fsp3) is 0.381. The van der Waals surface area contributed by atoms with Gasteiger partial charge in [0, 0.05) is 44.4 Å². The van der Waals surface area contributed by atoms with Gasteiger partial charge >= 0.3 is 6.18 Å². The molecule has 7 nitrogen and oxygen atoms in total.